The lowest BCUT2D eigenvalue weighted by atomic mass is 10.1. The van der Waals surface area contributed by atoms with Crippen LogP contribution in [0, 0.1) is 0 Å². The van der Waals surface area contributed by atoms with E-state index in [0.29, 0.717) is 25.2 Å². The van der Waals surface area contributed by atoms with Crippen LogP contribution in [0.15, 0.2) is 15.7 Å². The molecule has 7 heteroatoms. The van der Waals surface area contributed by atoms with Crippen molar-refractivity contribution in [2.75, 3.05) is 19.6 Å². The molecule has 2 heterocycles. The summed E-state index contributed by atoms with van der Waals surface area (Å²) in [5, 5.41) is 0. The summed E-state index contributed by atoms with van der Waals surface area (Å²) < 4.78 is 0. The van der Waals surface area contributed by atoms with Crippen LogP contribution in [0.25, 0.3) is 0 Å². The lowest BCUT2D eigenvalue weighted by Gasteiger charge is -2.43. The third-order valence-corrected chi connectivity index (χ3v) is 3.94. The molecule has 1 saturated heterocycles. The molecular weight excluding hydrogens is 272 g/mol. The predicted molar refractivity (Wildman–Crippen MR) is 79.5 cm³/mol. The van der Waals surface area contributed by atoms with Gasteiger partial charge in [0.15, 0.2) is 0 Å². The summed E-state index contributed by atoms with van der Waals surface area (Å²) in [5.41, 5.74) is -1.16. The minimum Gasteiger partial charge on any atom is -0.335 e. The molecule has 0 saturated carbocycles. The van der Waals surface area contributed by atoms with Gasteiger partial charge in [-0.05, 0) is 20.3 Å². The SMILES string of the molecule is CC[C@@H]1CN(C(=O)c2cc(=O)[nH]c(=O)[nH]2)CCN1C(C)C. The number of carbonyl (C=O) groups excluding carboxylic acids is 1. The van der Waals surface area contributed by atoms with Crippen molar-refractivity contribution in [1.29, 1.82) is 0 Å². The van der Waals surface area contributed by atoms with E-state index in [0.717, 1.165) is 19.0 Å². The van der Waals surface area contributed by atoms with E-state index in [9.17, 15) is 14.4 Å². The van der Waals surface area contributed by atoms with Crippen LogP contribution in [0.1, 0.15) is 37.7 Å². The number of aromatic amines is 2. The fourth-order valence-corrected chi connectivity index (χ4v) is 2.85. The lowest BCUT2D eigenvalue weighted by molar-refractivity contribution is 0.0367. The second kappa shape index (κ2) is 6.26. The van der Waals surface area contributed by atoms with Gasteiger partial charge in [-0.1, -0.05) is 6.92 Å². The molecule has 2 N–H and O–H groups in total. The largest absolute Gasteiger partial charge is 0.335 e. The van der Waals surface area contributed by atoms with Crippen LogP contribution < -0.4 is 11.2 Å². The van der Waals surface area contributed by atoms with E-state index in [-0.39, 0.29) is 11.6 Å². The highest BCUT2D eigenvalue weighted by Gasteiger charge is 2.30. The summed E-state index contributed by atoms with van der Waals surface area (Å²) >= 11 is 0. The van der Waals surface area contributed by atoms with E-state index in [1.54, 1.807) is 4.90 Å². The Hall–Kier alpha value is -1.89. The zero-order valence-corrected chi connectivity index (χ0v) is 12.7. The molecule has 1 aliphatic heterocycles. The molecule has 21 heavy (non-hydrogen) atoms. The number of H-pyrrole nitrogens is 2. The Bertz CT molecular complexity index is 591. The third kappa shape index (κ3) is 3.41. The number of piperazine rings is 1. The second-order valence-corrected chi connectivity index (χ2v) is 5.65. The number of rotatable bonds is 3. The molecule has 7 nitrogen and oxygen atoms in total. The van der Waals surface area contributed by atoms with Gasteiger partial charge in [0.05, 0.1) is 0 Å². The number of nitrogens with zero attached hydrogens (tertiary/aromatic N) is 2. The number of hydrogen-bond acceptors (Lipinski definition) is 4. The van der Waals surface area contributed by atoms with Crippen molar-refractivity contribution in [3.05, 3.63) is 32.6 Å². The highest BCUT2D eigenvalue weighted by molar-refractivity contribution is 5.92. The van der Waals surface area contributed by atoms with E-state index >= 15 is 0 Å². The fourth-order valence-electron chi connectivity index (χ4n) is 2.85. The Kier molecular flexibility index (Phi) is 4.62. The Morgan fingerprint density at radius 2 is 2.05 bits per heavy atom. The summed E-state index contributed by atoms with van der Waals surface area (Å²) in [6.45, 7) is 8.41. The van der Waals surface area contributed by atoms with Crippen LogP contribution in [-0.4, -0.2) is 57.4 Å². The number of nitrogens with one attached hydrogen (secondary N) is 2. The molecule has 116 valence electrons. The van der Waals surface area contributed by atoms with E-state index < -0.39 is 11.2 Å². The van der Waals surface area contributed by atoms with Gasteiger partial charge in [0.25, 0.3) is 11.5 Å². The Morgan fingerprint density at radius 1 is 1.33 bits per heavy atom. The van der Waals surface area contributed by atoms with Gasteiger partial charge in [-0.2, -0.15) is 0 Å². The van der Waals surface area contributed by atoms with E-state index in [1.807, 2.05) is 0 Å². The van der Waals surface area contributed by atoms with Crippen LogP contribution in [0.4, 0.5) is 0 Å². The Morgan fingerprint density at radius 3 is 2.62 bits per heavy atom. The zero-order valence-electron chi connectivity index (χ0n) is 12.7. The van der Waals surface area contributed by atoms with E-state index in [2.05, 4.69) is 35.6 Å². The fraction of sp³-hybridized carbons (Fsp3) is 0.643. The van der Waals surface area contributed by atoms with Crippen LogP contribution in [-0.2, 0) is 0 Å². The van der Waals surface area contributed by atoms with Crippen molar-refractivity contribution < 1.29 is 4.79 Å². The number of hydrogen-bond donors (Lipinski definition) is 2. The minimum atomic E-state index is -0.654. The quantitative estimate of drug-likeness (QED) is 0.821. The van der Waals surface area contributed by atoms with Gasteiger partial charge in [0.2, 0.25) is 0 Å². The molecule has 1 aromatic rings. The first-order valence-corrected chi connectivity index (χ1v) is 7.31. The Labute approximate surface area is 123 Å². The van der Waals surface area contributed by atoms with Crippen LogP contribution in [0.3, 0.4) is 0 Å². The highest BCUT2D eigenvalue weighted by atomic mass is 16.2. The predicted octanol–water partition coefficient (Wildman–Crippen LogP) is 0.00800. The molecule has 1 fully saturated rings. The van der Waals surface area contributed by atoms with Crippen molar-refractivity contribution in [2.24, 2.45) is 0 Å². The first-order chi connectivity index (χ1) is 9.92. The molecule has 0 bridgehead atoms. The summed E-state index contributed by atoms with van der Waals surface area (Å²) in [6.07, 6.45) is 0.952. The summed E-state index contributed by atoms with van der Waals surface area (Å²) in [5.74, 6) is -0.292. The van der Waals surface area contributed by atoms with E-state index in [1.165, 1.54) is 0 Å². The molecule has 2 rings (SSSR count). The molecule has 1 aliphatic rings. The summed E-state index contributed by atoms with van der Waals surface area (Å²) in [7, 11) is 0. The zero-order chi connectivity index (χ0) is 15.6. The van der Waals surface area contributed by atoms with Gasteiger partial charge >= 0.3 is 5.69 Å². The van der Waals surface area contributed by atoms with Crippen molar-refractivity contribution in [2.45, 2.75) is 39.3 Å². The number of amides is 1. The average Bonchev–Trinajstić information content (AvgIpc) is 2.44. The molecule has 0 spiro atoms. The maximum absolute atomic E-state index is 12.4. The highest BCUT2D eigenvalue weighted by Crippen LogP contribution is 2.17. The van der Waals surface area contributed by atoms with E-state index in [4.69, 9.17) is 0 Å². The van der Waals surface area contributed by atoms with Crippen molar-refractivity contribution >= 4 is 5.91 Å². The molecular formula is C14H22N4O3. The summed E-state index contributed by atoms with van der Waals surface area (Å²) in [4.78, 5) is 43.5. The van der Waals surface area contributed by atoms with Gasteiger partial charge < -0.3 is 9.88 Å². The number of carbonyl (C=O) groups is 1. The first-order valence-electron chi connectivity index (χ1n) is 7.31. The Balaban J connectivity index is 2.17. The molecule has 1 aromatic heterocycles. The van der Waals surface area contributed by atoms with Gasteiger partial charge in [-0.15, -0.1) is 0 Å². The molecule has 0 aromatic carbocycles. The van der Waals surface area contributed by atoms with Gasteiger partial charge in [0.1, 0.15) is 5.69 Å². The van der Waals surface area contributed by atoms with Gasteiger partial charge in [-0.25, -0.2) is 4.79 Å². The van der Waals surface area contributed by atoms with Crippen LogP contribution >= 0.6 is 0 Å². The normalized spacial score (nSPS) is 20.0. The monoisotopic (exact) mass is 294 g/mol. The molecule has 0 unspecified atom stereocenters. The summed E-state index contributed by atoms with van der Waals surface area (Å²) in [6, 6.07) is 1.88. The third-order valence-electron chi connectivity index (χ3n) is 3.94. The first kappa shape index (κ1) is 15.5. The van der Waals surface area contributed by atoms with Gasteiger partial charge in [0, 0.05) is 37.8 Å². The second-order valence-electron chi connectivity index (χ2n) is 5.65. The minimum absolute atomic E-state index is 0.0524. The van der Waals surface area contributed by atoms with Crippen molar-refractivity contribution in [1.82, 2.24) is 19.8 Å². The maximum atomic E-state index is 12.4. The molecule has 0 radical (unpaired) electrons. The number of aromatic nitrogens is 2. The van der Waals surface area contributed by atoms with Crippen LogP contribution in [0.2, 0.25) is 0 Å². The van der Waals surface area contributed by atoms with Crippen LogP contribution in [0.5, 0.6) is 0 Å². The smallest absolute Gasteiger partial charge is 0.326 e. The molecule has 1 amide bonds. The maximum Gasteiger partial charge on any atom is 0.326 e. The molecule has 0 aliphatic carbocycles. The molecule has 1 atom stereocenters. The standard InChI is InChI=1S/C14H22N4O3/c1-4-10-8-17(5-6-18(10)9(2)3)13(20)11-7-12(19)16-14(21)15-11/h7,9-10H,4-6,8H2,1-3H3,(H2,15,16,19,21)/t10-/m1/s1. The van der Waals surface area contributed by atoms with Gasteiger partial charge in [-0.3, -0.25) is 19.5 Å². The van der Waals surface area contributed by atoms with Crippen molar-refractivity contribution in [3.8, 4) is 0 Å². The topological polar surface area (TPSA) is 89.3 Å². The lowest BCUT2D eigenvalue weighted by Crippen LogP contribution is -2.56. The average molecular weight is 294 g/mol. The van der Waals surface area contributed by atoms with Crippen molar-refractivity contribution in [3.63, 3.8) is 0 Å².